The number of aliphatic imine (C=N–C) groups is 1. The highest BCUT2D eigenvalue weighted by Gasteiger charge is 2.06. The fraction of sp³-hybridized carbons (Fsp3) is 0.348. The molecular weight excluding hydrogens is 491 g/mol. The van der Waals surface area contributed by atoms with Gasteiger partial charge in [0.1, 0.15) is 0 Å². The Kier molecular flexibility index (Phi) is 9.29. The molecule has 6 nitrogen and oxygen atoms in total. The number of hydrogen-bond donors (Lipinski definition) is 3. The van der Waals surface area contributed by atoms with E-state index in [0.29, 0.717) is 0 Å². The normalized spacial score (nSPS) is 11.1. The Balaban J connectivity index is 0.00000320. The number of rotatable bonds is 8. The zero-order valence-electron chi connectivity index (χ0n) is 18.0. The average molecular weight is 522 g/mol. The number of benzene rings is 2. The molecule has 0 spiro atoms. The van der Waals surface area contributed by atoms with Crippen molar-refractivity contribution in [3.05, 3.63) is 59.3 Å². The maximum Gasteiger partial charge on any atom is 0.190 e. The van der Waals surface area contributed by atoms with Gasteiger partial charge in [-0.15, -0.1) is 24.0 Å². The van der Waals surface area contributed by atoms with Crippen LogP contribution in [-0.2, 0) is 12.8 Å². The molecular formula is C23H31IN4O2. The molecule has 0 unspecified atom stereocenters. The number of guanidine groups is 1. The molecule has 0 fully saturated rings. The van der Waals surface area contributed by atoms with Crippen LogP contribution in [-0.4, -0.2) is 45.3 Å². The summed E-state index contributed by atoms with van der Waals surface area (Å²) in [5.41, 5.74) is 4.95. The minimum Gasteiger partial charge on any atom is -0.493 e. The van der Waals surface area contributed by atoms with Gasteiger partial charge in [0.05, 0.1) is 14.2 Å². The van der Waals surface area contributed by atoms with Crippen molar-refractivity contribution in [1.82, 2.24) is 15.6 Å². The minimum absolute atomic E-state index is 0. The van der Waals surface area contributed by atoms with Crippen LogP contribution < -0.4 is 20.1 Å². The summed E-state index contributed by atoms with van der Waals surface area (Å²) >= 11 is 0. The van der Waals surface area contributed by atoms with Gasteiger partial charge in [0, 0.05) is 37.2 Å². The van der Waals surface area contributed by atoms with E-state index in [9.17, 15) is 0 Å². The van der Waals surface area contributed by atoms with E-state index in [4.69, 9.17) is 9.47 Å². The Morgan fingerprint density at radius 3 is 2.40 bits per heavy atom. The predicted molar refractivity (Wildman–Crippen MR) is 135 cm³/mol. The van der Waals surface area contributed by atoms with Crippen molar-refractivity contribution in [3.8, 4) is 11.5 Å². The highest BCUT2D eigenvalue weighted by Crippen LogP contribution is 2.27. The van der Waals surface area contributed by atoms with E-state index in [0.717, 1.165) is 43.4 Å². The monoisotopic (exact) mass is 522 g/mol. The van der Waals surface area contributed by atoms with Crippen molar-refractivity contribution < 1.29 is 9.47 Å². The number of hydrogen-bond acceptors (Lipinski definition) is 3. The number of aromatic nitrogens is 1. The second-order valence-electron chi connectivity index (χ2n) is 6.98. The van der Waals surface area contributed by atoms with Crippen LogP contribution in [0.1, 0.15) is 16.7 Å². The van der Waals surface area contributed by atoms with Gasteiger partial charge in [0.2, 0.25) is 0 Å². The van der Waals surface area contributed by atoms with E-state index < -0.39 is 0 Å². The van der Waals surface area contributed by atoms with Crippen LogP contribution >= 0.6 is 24.0 Å². The summed E-state index contributed by atoms with van der Waals surface area (Å²) < 4.78 is 10.7. The second-order valence-corrected chi connectivity index (χ2v) is 6.98. The molecule has 3 rings (SSSR count). The molecule has 162 valence electrons. The number of aryl methyl sites for hydroxylation is 1. The van der Waals surface area contributed by atoms with Gasteiger partial charge in [-0.2, -0.15) is 0 Å². The van der Waals surface area contributed by atoms with E-state index in [1.54, 1.807) is 21.3 Å². The molecule has 0 aliphatic heterocycles. The lowest BCUT2D eigenvalue weighted by molar-refractivity contribution is 0.354. The third kappa shape index (κ3) is 6.04. The molecule has 3 aromatic rings. The van der Waals surface area contributed by atoms with Gasteiger partial charge < -0.3 is 25.1 Å². The van der Waals surface area contributed by atoms with Crippen LogP contribution in [0.2, 0.25) is 0 Å². The quantitative estimate of drug-likeness (QED) is 0.237. The molecule has 0 aliphatic rings. The summed E-state index contributed by atoms with van der Waals surface area (Å²) in [5.74, 6) is 2.30. The van der Waals surface area contributed by atoms with Gasteiger partial charge in [0.25, 0.3) is 0 Å². The van der Waals surface area contributed by atoms with Crippen molar-refractivity contribution in [2.75, 3.05) is 34.4 Å². The first-order valence-corrected chi connectivity index (χ1v) is 9.86. The van der Waals surface area contributed by atoms with Crippen molar-refractivity contribution in [1.29, 1.82) is 0 Å². The van der Waals surface area contributed by atoms with Gasteiger partial charge >= 0.3 is 0 Å². The summed E-state index contributed by atoms with van der Waals surface area (Å²) in [5, 5.41) is 8.04. The number of nitrogens with zero attached hydrogens (tertiary/aromatic N) is 1. The van der Waals surface area contributed by atoms with Gasteiger partial charge in [-0.25, -0.2) is 0 Å². The van der Waals surface area contributed by atoms with E-state index in [1.165, 1.54) is 27.6 Å². The summed E-state index contributed by atoms with van der Waals surface area (Å²) in [4.78, 5) is 7.67. The molecule has 7 heteroatoms. The van der Waals surface area contributed by atoms with Gasteiger partial charge in [0.15, 0.2) is 17.5 Å². The zero-order valence-corrected chi connectivity index (χ0v) is 20.4. The predicted octanol–water partition coefficient (Wildman–Crippen LogP) is 4.06. The number of methoxy groups -OCH3 is 2. The number of nitrogens with one attached hydrogen (secondary N) is 3. The fourth-order valence-electron chi connectivity index (χ4n) is 3.40. The van der Waals surface area contributed by atoms with E-state index in [-0.39, 0.29) is 24.0 Å². The van der Waals surface area contributed by atoms with Crippen LogP contribution in [0.25, 0.3) is 10.9 Å². The highest BCUT2D eigenvalue weighted by molar-refractivity contribution is 14.0. The van der Waals surface area contributed by atoms with Gasteiger partial charge in [-0.05, 0) is 54.7 Å². The Labute approximate surface area is 195 Å². The first-order valence-electron chi connectivity index (χ1n) is 9.86. The second kappa shape index (κ2) is 11.7. The summed E-state index contributed by atoms with van der Waals surface area (Å²) in [6.45, 7) is 3.71. The van der Waals surface area contributed by atoms with Crippen molar-refractivity contribution in [2.45, 2.75) is 19.8 Å². The lowest BCUT2D eigenvalue weighted by Gasteiger charge is -2.13. The molecule has 3 N–H and O–H groups in total. The minimum atomic E-state index is 0. The Bertz CT molecular complexity index is 984. The van der Waals surface area contributed by atoms with Crippen LogP contribution in [0, 0.1) is 6.92 Å². The Morgan fingerprint density at radius 2 is 1.70 bits per heavy atom. The first-order chi connectivity index (χ1) is 14.1. The van der Waals surface area contributed by atoms with Crippen molar-refractivity contribution >= 4 is 40.8 Å². The number of ether oxygens (including phenoxy) is 2. The van der Waals surface area contributed by atoms with Crippen LogP contribution in [0.15, 0.2) is 47.6 Å². The number of aromatic amines is 1. The Morgan fingerprint density at radius 1 is 0.967 bits per heavy atom. The van der Waals surface area contributed by atoms with Crippen LogP contribution in [0.4, 0.5) is 0 Å². The molecule has 0 radical (unpaired) electrons. The molecule has 0 saturated carbocycles. The van der Waals surface area contributed by atoms with Crippen LogP contribution in [0.5, 0.6) is 11.5 Å². The summed E-state index contributed by atoms with van der Waals surface area (Å²) in [6.07, 6.45) is 3.89. The molecule has 0 amide bonds. The topological polar surface area (TPSA) is 70.7 Å². The lowest BCUT2D eigenvalue weighted by Crippen LogP contribution is -2.39. The molecule has 0 atom stereocenters. The van der Waals surface area contributed by atoms with E-state index in [2.05, 4.69) is 58.0 Å². The number of H-pyrrole nitrogens is 1. The molecule has 0 bridgehead atoms. The zero-order chi connectivity index (χ0) is 20.6. The molecule has 2 aromatic carbocycles. The number of fused-ring (bicyclic) bond motifs is 1. The first kappa shape index (κ1) is 23.9. The average Bonchev–Trinajstić information content (AvgIpc) is 3.14. The third-order valence-corrected chi connectivity index (χ3v) is 4.99. The van der Waals surface area contributed by atoms with Crippen molar-refractivity contribution in [3.63, 3.8) is 0 Å². The molecule has 30 heavy (non-hydrogen) atoms. The van der Waals surface area contributed by atoms with E-state index in [1.807, 2.05) is 12.1 Å². The number of halogens is 1. The molecule has 1 heterocycles. The SMILES string of the molecule is CN=C(NCCc1ccc(OC)c(OC)c1)NCCc1c[nH]c2cc(C)ccc12.I. The molecule has 0 saturated heterocycles. The highest BCUT2D eigenvalue weighted by atomic mass is 127. The maximum atomic E-state index is 5.37. The van der Waals surface area contributed by atoms with Crippen molar-refractivity contribution in [2.24, 2.45) is 4.99 Å². The summed E-state index contributed by atoms with van der Waals surface area (Å²) in [6, 6.07) is 12.5. The van der Waals surface area contributed by atoms with Crippen LogP contribution in [0.3, 0.4) is 0 Å². The fourth-order valence-corrected chi connectivity index (χ4v) is 3.40. The maximum absolute atomic E-state index is 5.37. The van der Waals surface area contributed by atoms with E-state index >= 15 is 0 Å². The standard InChI is InChI=1S/C23H30N4O2.HI/c1-16-5-7-19-18(15-27-20(19)13-16)10-12-26-23(24-2)25-11-9-17-6-8-21(28-3)22(14-17)29-4;/h5-8,13-15,27H,9-12H2,1-4H3,(H2,24,25,26);1H. The third-order valence-electron chi connectivity index (χ3n) is 4.99. The molecule has 1 aromatic heterocycles. The smallest absolute Gasteiger partial charge is 0.190 e. The Hall–Kier alpha value is -2.42. The molecule has 0 aliphatic carbocycles. The van der Waals surface area contributed by atoms with Gasteiger partial charge in [-0.1, -0.05) is 18.2 Å². The van der Waals surface area contributed by atoms with Gasteiger partial charge in [-0.3, -0.25) is 4.99 Å². The lowest BCUT2D eigenvalue weighted by atomic mass is 10.1. The summed E-state index contributed by atoms with van der Waals surface area (Å²) in [7, 11) is 5.09. The largest absolute Gasteiger partial charge is 0.493 e.